The molecule has 0 bridgehead atoms. The van der Waals surface area contributed by atoms with E-state index in [9.17, 15) is 4.79 Å². The highest BCUT2D eigenvalue weighted by Gasteiger charge is 2.08. The van der Waals surface area contributed by atoms with Gasteiger partial charge in [0.05, 0.1) is 6.26 Å². The number of nitrogens with one attached hydrogen (secondary N) is 3. The number of hydrogen-bond donors (Lipinski definition) is 3. The minimum atomic E-state index is -0.272. The van der Waals surface area contributed by atoms with Crippen molar-refractivity contribution in [1.29, 1.82) is 0 Å². The van der Waals surface area contributed by atoms with E-state index in [1.54, 1.807) is 19.2 Å². The summed E-state index contributed by atoms with van der Waals surface area (Å²) in [5, 5.41) is 10.1. The fourth-order valence-corrected chi connectivity index (χ4v) is 2.82. The van der Waals surface area contributed by atoms with Crippen LogP contribution in [0.1, 0.15) is 21.7 Å². The maximum atomic E-state index is 12.0. The second-order valence-electron chi connectivity index (χ2n) is 6.36. The first kappa shape index (κ1) is 23.8. The van der Waals surface area contributed by atoms with Crippen LogP contribution >= 0.6 is 35.6 Å². The summed E-state index contributed by atoms with van der Waals surface area (Å²) in [6.07, 6.45) is 2.35. The lowest BCUT2D eigenvalue weighted by Crippen LogP contribution is -2.37. The molecule has 2 aromatic carbocycles. The lowest BCUT2D eigenvalue weighted by Gasteiger charge is -2.12. The zero-order chi connectivity index (χ0) is 20.5. The van der Waals surface area contributed by atoms with Gasteiger partial charge in [0.2, 0.25) is 0 Å². The van der Waals surface area contributed by atoms with Crippen LogP contribution in [0.3, 0.4) is 0 Å². The van der Waals surface area contributed by atoms with Crippen LogP contribution in [-0.4, -0.2) is 25.5 Å². The summed E-state index contributed by atoms with van der Waals surface area (Å²) in [6.45, 7) is 1.38. The quantitative estimate of drug-likeness (QED) is 0.231. The normalized spacial score (nSPS) is 10.8. The molecule has 8 heteroatoms. The molecule has 0 fully saturated rings. The van der Waals surface area contributed by atoms with Crippen molar-refractivity contribution in [3.63, 3.8) is 0 Å². The highest BCUT2D eigenvalue weighted by atomic mass is 127. The molecule has 0 saturated heterocycles. The van der Waals surface area contributed by atoms with Gasteiger partial charge in [0.15, 0.2) is 11.7 Å². The molecule has 3 N–H and O–H groups in total. The molecule has 3 rings (SSSR count). The summed E-state index contributed by atoms with van der Waals surface area (Å²) in [5.41, 5.74) is 2.99. The number of guanidine groups is 1. The molecular weight excluding hydrogens is 515 g/mol. The Bertz CT molecular complexity index is 942. The summed E-state index contributed by atoms with van der Waals surface area (Å²) in [5.74, 6) is 0.740. The first-order valence-electron chi connectivity index (χ1n) is 9.27. The molecule has 0 aliphatic heterocycles. The molecule has 158 valence electrons. The third-order valence-corrected chi connectivity index (χ3v) is 4.51. The van der Waals surface area contributed by atoms with Crippen LogP contribution in [0.2, 0.25) is 5.02 Å². The maximum Gasteiger partial charge on any atom is 0.291 e. The van der Waals surface area contributed by atoms with Gasteiger partial charge in [0, 0.05) is 30.8 Å². The predicted molar refractivity (Wildman–Crippen MR) is 132 cm³/mol. The molecule has 1 amide bonds. The molecule has 30 heavy (non-hydrogen) atoms. The summed E-state index contributed by atoms with van der Waals surface area (Å²) < 4.78 is 5.09. The molecule has 6 nitrogen and oxygen atoms in total. The Morgan fingerprint density at radius 3 is 2.33 bits per heavy atom. The molecule has 0 saturated carbocycles. The van der Waals surface area contributed by atoms with Crippen molar-refractivity contribution in [3.05, 3.63) is 88.8 Å². The minimum absolute atomic E-state index is 0. The Hall–Kier alpha value is -2.52. The van der Waals surface area contributed by atoms with Gasteiger partial charge in [-0.3, -0.25) is 9.79 Å². The van der Waals surface area contributed by atoms with Crippen LogP contribution in [0.5, 0.6) is 0 Å². The predicted octanol–water partition coefficient (Wildman–Crippen LogP) is 4.71. The van der Waals surface area contributed by atoms with Crippen LogP contribution in [0, 0.1) is 0 Å². The monoisotopic (exact) mass is 538 g/mol. The van der Waals surface area contributed by atoms with Crippen LogP contribution in [0.4, 0.5) is 5.69 Å². The van der Waals surface area contributed by atoms with Crippen molar-refractivity contribution >= 4 is 53.1 Å². The molecule has 0 atom stereocenters. The number of anilines is 1. The Morgan fingerprint density at radius 1 is 1.00 bits per heavy atom. The second-order valence-corrected chi connectivity index (χ2v) is 6.79. The van der Waals surface area contributed by atoms with Crippen LogP contribution in [0.25, 0.3) is 0 Å². The first-order valence-corrected chi connectivity index (χ1v) is 9.64. The number of benzene rings is 2. The van der Waals surface area contributed by atoms with E-state index in [1.807, 2.05) is 48.5 Å². The summed E-state index contributed by atoms with van der Waals surface area (Å²) >= 11 is 5.91. The molecule has 0 spiro atoms. The fraction of sp³-hybridized carbons (Fsp3) is 0.182. The third-order valence-electron chi connectivity index (χ3n) is 4.26. The largest absolute Gasteiger partial charge is 0.459 e. The van der Waals surface area contributed by atoms with Gasteiger partial charge < -0.3 is 20.4 Å². The molecule has 0 aliphatic carbocycles. The van der Waals surface area contributed by atoms with E-state index in [4.69, 9.17) is 16.0 Å². The standard InChI is InChI=1S/C22H23ClN4O2.HI/c1-24-22(25-13-12-16-4-8-18(23)9-5-16)26-15-17-6-10-19(11-7-17)27-21(28)20-3-2-14-29-20;/h2-11,14H,12-13,15H2,1H3,(H,27,28)(H2,24,25,26);1H. The molecule has 3 aromatic rings. The van der Waals surface area contributed by atoms with E-state index in [-0.39, 0.29) is 35.6 Å². The topological polar surface area (TPSA) is 78.7 Å². The highest BCUT2D eigenvalue weighted by molar-refractivity contribution is 14.0. The van der Waals surface area contributed by atoms with Crippen molar-refractivity contribution in [2.45, 2.75) is 13.0 Å². The van der Waals surface area contributed by atoms with Crippen LogP contribution in [0.15, 0.2) is 76.3 Å². The SMILES string of the molecule is CN=C(NCCc1ccc(Cl)cc1)NCc1ccc(NC(=O)c2ccco2)cc1.I. The van der Waals surface area contributed by atoms with Gasteiger partial charge in [-0.25, -0.2) is 0 Å². The molecule has 0 unspecified atom stereocenters. The Morgan fingerprint density at radius 2 is 1.70 bits per heavy atom. The fourth-order valence-electron chi connectivity index (χ4n) is 2.69. The number of halogens is 2. The van der Waals surface area contributed by atoms with E-state index in [0.717, 1.165) is 29.5 Å². The summed E-state index contributed by atoms with van der Waals surface area (Å²) in [6, 6.07) is 18.7. The number of furan rings is 1. The molecule has 0 radical (unpaired) electrons. The van der Waals surface area contributed by atoms with E-state index in [1.165, 1.54) is 11.8 Å². The zero-order valence-corrected chi connectivity index (χ0v) is 19.6. The Kier molecular flexibility index (Phi) is 9.69. The number of aliphatic imine (C=N–C) groups is 1. The highest BCUT2D eigenvalue weighted by Crippen LogP contribution is 2.12. The van der Waals surface area contributed by atoms with Gasteiger partial charge in [0.1, 0.15) is 0 Å². The van der Waals surface area contributed by atoms with Crippen molar-refractivity contribution < 1.29 is 9.21 Å². The summed E-state index contributed by atoms with van der Waals surface area (Å²) in [4.78, 5) is 16.2. The molecule has 1 heterocycles. The minimum Gasteiger partial charge on any atom is -0.459 e. The van der Waals surface area contributed by atoms with Crippen molar-refractivity contribution in [3.8, 4) is 0 Å². The smallest absolute Gasteiger partial charge is 0.291 e. The lowest BCUT2D eigenvalue weighted by atomic mass is 10.1. The first-order chi connectivity index (χ1) is 14.1. The van der Waals surface area contributed by atoms with Crippen molar-refractivity contribution in [2.75, 3.05) is 18.9 Å². The van der Waals surface area contributed by atoms with Gasteiger partial charge >= 0.3 is 0 Å². The van der Waals surface area contributed by atoms with Gasteiger partial charge in [0.25, 0.3) is 5.91 Å². The van der Waals surface area contributed by atoms with Gasteiger partial charge in [-0.15, -0.1) is 24.0 Å². The van der Waals surface area contributed by atoms with Crippen molar-refractivity contribution in [1.82, 2.24) is 10.6 Å². The number of carbonyl (C=O) groups excluding carboxylic acids is 1. The van der Waals surface area contributed by atoms with Crippen LogP contribution in [-0.2, 0) is 13.0 Å². The summed E-state index contributed by atoms with van der Waals surface area (Å²) in [7, 11) is 1.74. The van der Waals surface area contributed by atoms with Crippen LogP contribution < -0.4 is 16.0 Å². The average molecular weight is 539 g/mol. The Balaban J connectivity index is 0.00000320. The lowest BCUT2D eigenvalue weighted by molar-refractivity contribution is 0.0996. The number of hydrogen-bond acceptors (Lipinski definition) is 3. The van der Waals surface area contributed by atoms with E-state index < -0.39 is 0 Å². The van der Waals surface area contributed by atoms with E-state index >= 15 is 0 Å². The van der Waals surface area contributed by atoms with Crippen molar-refractivity contribution in [2.24, 2.45) is 4.99 Å². The molecule has 0 aliphatic rings. The van der Waals surface area contributed by atoms with Gasteiger partial charge in [-0.05, 0) is 53.9 Å². The average Bonchev–Trinajstić information content (AvgIpc) is 3.28. The number of rotatable bonds is 7. The second kappa shape index (κ2) is 12.2. The van der Waals surface area contributed by atoms with Gasteiger partial charge in [-0.2, -0.15) is 0 Å². The number of nitrogens with zero attached hydrogens (tertiary/aromatic N) is 1. The maximum absolute atomic E-state index is 12.0. The van der Waals surface area contributed by atoms with E-state index in [2.05, 4.69) is 20.9 Å². The van der Waals surface area contributed by atoms with Gasteiger partial charge in [-0.1, -0.05) is 35.9 Å². The zero-order valence-electron chi connectivity index (χ0n) is 16.5. The molecular formula is C22H24ClIN4O2. The third kappa shape index (κ3) is 7.38. The van der Waals surface area contributed by atoms with E-state index in [0.29, 0.717) is 12.2 Å². The number of carbonyl (C=O) groups is 1. The Labute approximate surface area is 198 Å². The molecule has 1 aromatic heterocycles. The number of amides is 1.